The highest BCUT2D eigenvalue weighted by Crippen LogP contribution is 2.38. The highest BCUT2D eigenvalue weighted by atomic mass is 16.7. The van der Waals surface area contributed by atoms with Crippen LogP contribution in [-0.4, -0.2) is 160 Å². The van der Waals surface area contributed by atoms with Crippen molar-refractivity contribution in [2.75, 3.05) is 75.1 Å². The molecule has 12 nitrogen and oxygen atoms in total. The van der Waals surface area contributed by atoms with Crippen LogP contribution < -0.4 is 0 Å². The number of piperidine rings is 1. The molecule has 0 aromatic carbocycles. The summed E-state index contributed by atoms with van der Waals surface area (Å²) in [5.74, 6) is -1.42. The zero-order valence-corrected chi connectivity index (χ0v) is 31.2. The standard InChI is InChI=1S/C35H64N4O8/c1-22-17-35(6,44-12)31(47-32-29(41)26(37(9)10)16-23(2)46-32)24(3)30(42)34(4,5)33(43)45-21-27(38(11)18-22)25-14-13-15-39(19-25)28(40)20-36(7)8/h22-27,29,31-32,41H,13-21H2,1-12H3/t22-,23-,24+,25?,26+,27-,29-,31-,32+,35-/m1/s1. The van der Waals surface area contributed by atoms with Gasteiger partial charge in [-0.2, -0.15) is 0 Å². The topological polar surface area (TPSA) is 121 Å². The number of Topliss-reactive ketones (excluding diaryl/α,β-unsaturated/α-hetero) is 1. The zero-order chi connectivity index (χ0) is 35.4. The molecule has 1 N–H and O–H groups in total. The number of aliphatic hydroxyl groups excluding tert-OH is 1. The highest BCUT2D eigenvalue weighted by molar-refractivity contribution is 6.04. The van der Waals surface area contributed by atoms with Gasteiger partial charge in [0, 0.05) is 44.7 Å². The molecule has 1 unspecified atom stereocenters. The average molecular weight is 669 g/mol. The fourth-order valence-electron chi connectivity index (χ4n) is 7.98. The molecule has 3 fully saturated rings. The Morgan fingerprint density at radius 1 is 1.09 bits per heavy atom. The van der Waals surface area contributed by atoms with E-state index in [9.17, 15) is 19.5 Å². The maximum Gasteiger partial charge on any atom is 0.319 e. The number of hydrogen-bond donors (Lipinski definition) is 1. The first-order chi connectivity index (χ1) is 21.8. The van der Waals surface area contributed by atoms with E-state index in [-0.39, 0.29) is 48.3 Å². The molecule has 0 aromatic rings. The van der Waals surface area contributed by atoms with E-state index >= 15 is 0 Å². The van der Waals surface area contributed by atoms with E-state index in [1.165, 1.54) is 0 Å². The smallest absolute Gasteiger partial charge is 0.319 e. The molecule has 3 rings (SSSR count). The molecular formula is C35H64N4O8. The Balaban J connectivity index is 1.96. The Morgan fingerprint density at radius 2 is 1.74 bits per heavy atom. The molecule has 1 amide bonds. The minimum Gasteiger partial charge on any atom is -0.463 e. The van der Waals surface area contributed by atoms with E-state index in [0.717, 1.165) is 19.4 Å². The van der Waals surface area contributed by atoms with Crippen LogP contribution >= 0.6 is 0 Å². The maximum absolute atomic E-state index is 14.3. The van der Waals surface area contributed by atoms with Gasteiger partial charge in [-0.25, -0.2) is 0 Å². The molecule has 47 heavy (non-hydrogen) atoms. The number of ether oxygens (including phenoxy) is 4. The Hall–Kier alpha value is -1.67. The molecule has 3 saturated heterocycles. The molecule has 0 aliphatic carbocycles. The lowest BCUT2D eigenvalue weighted by atomic mass is 9.74. The van der Waals surface area contributed by atoms with Crippen molar-refractivity contribution in [1.82, 2.24) is 19.6 Å². The van der Waals surface area contributed by atoms with Gasteiger partial charge < -0.3 is 38.8 Å². The average Bonchev–Trinajstić information content (AvgIpc) is 2.99. The molecule has 10 atom stereocenters. The normalized spacial score (nSPS) is 38.4. The van der Waals surface area contributed by atoms with E-state index in [2.05, 4.69) is 11.8 Å². The second-order valence-corrected chi connectivity index (χ2v) is 15.8. The fourth-order valence-corrected chi connectivity index (χ4v) is 7.98. The first-order valence-electron chi connectivity index (χ1n) is 17.4. The quantitative estimate of drug-likeness (QED) is 0.317. The van der Waals surface area contributed by atoms with Crippen molar-refractivity contribution in [3.63, 3.8) is 0 Å². The third-order valence-electron chi connectivity index (χ3n) is 10.7. The number of hydrogen-bond acceptors (Lipinski definition) is 11. The van der Waals surface area contributed by atoms with E-state index < -0.39 is 41.4 Å². The predicted octanol–water partition coefficient (Wildman–Crippen LogP) is 2.12. The fraction of sp³-hybridized carbons (Fsp3) is 0.914. The number of amides is 1. The summed E-state index contributed by atoms with van der Waals surface area (Å²) in [6.45, 7) is 13.5. The molecule has 0 bridgehead atoms. The van der Waals surface area contributed by atoms with Crippen molar-refractivity contribution in [2.45, 2.75) is 110 Å². The Bertz CT molecular complexity index is 1070. The Labute approximate surface area is 283 Å². The second kappa shape index (κ2) is 16.4. The van der Waals surface area contributed by atoms with Crippen LogP contribution in [0, 0.1) is 23.2 Å². The number of cyclic esters (lactones) is 1. The van der Waals surface area contributed by atoms with E-state index in [1.54, 1.807) is 27.9 Å². The first kappa shape index (κ1) is 39.8. The Morgan fingerprint density at radius 3 is 2.34 bits per heavy atom. The number of likely N-dealkylation sites (tertiary alicyclic amines) is 1. The number of nitrogens with zero attached hydrogens (tertiary/aromatic N) is 4. The van der Waals surface area contributed by atoms with Gasteiger partial charge >= 0.3 is 5.97 Å². The van der Waals surface area contributed by atoms with Gasteiger partial charge in [-0.3, -0.25) is 19.3 Å². The molecule has 3 aliphatic heterocycles. The number of aliphatic hydroxyl groups is 1. The summed E-state index contributed by atoms with van der Waals surface area (Å²) in [5.41, 5.74) is -2.43. The summed E-state index contributed by atoms with van der Waals surface area (Å²) in [6.07, 6.45) is 0.0335. The summed E-state index contributed by atoms with van der Waals surface area (Å²) in [4.78, 5) is 49.0. The predicted molar refractivity (Wildman–Crippen MR) is 180 cm³/mol. The molecule has 0 aromatic heterocycles. The van der Waals surface area contributed by atoms with Gasteiger partial charge in [0.1, 0.15) is 18.1 Å². The summed E-state index contributed by atoms with van der Waals surface area (Å²) in [6, 6.07) is -0.334. The lowest BCUT2D eigenvalue weighted by Gasteiger charge is -2.47. The largest absolute Gasteiger partial charge is 0.463 e. The summed E-state index contributed by atoms with van der Waals surface area (Å²) >= 11 is 0. The van der Waals surface area contributed by atoms with Gasteiger partial charge in [-0.05, 0) is 100 Å². The number of esters is 1. The molecule has 272 valence electrons. The first-order valence-corrected chi connectivity index (χ1v) is 17.4. The van der Waals surface area contributed by atoms with Crippen LogP contribution in [0.3, 0.4) is 0 Å². The molecule has 3 heterocycles. The van der Waals surface area contributed by atoms with E-state index in [1.807, 2.05) is 63.8 Å². The lowest BCUT2D eigenvalue weighted by Crippen LogP contribution is -2.59. The molecule has 0 radical (unpaired) electrons. The number of carbonyl (C=O) groups excluding carboxylic acids is 3. The van der Waals surface area contributed by atoms with Crippen LogP contribution in [-0.2, 0) is 33.3 Å². The third kappa shape index (κ3) is 9.52. The van der Waals surface area contributed by atoms with Crippen molar-refractivity contribution < 1.29 is 38.4 Å². The Kier molecular flexibility index (Phi) is 13.8. The van der Waals surface area contributed by atoms with Crippen LogP contribution in [0.2, 0.25) is 0 Å². The van der Waals surface area contributed by atoms with Crippen LogP contribution in [0.4, 0.5) is 0 Å². The van der Waals surface area contributed by atoms with Gasteiger partial charge in [0.25, 0.3) is 0 Å². The van der Waals surface area contributed by atoms with Gasteiger partial charge in [0.2, 0.25) is 5.91 Å². The van der Waals surface area contributed by atoms with Crippen molar-refractivity contribution in [1.29, 1.82) is 0 Å². The van der Waals surface area contributed by atoms with Crippen molar-refractivity contribution in [3.8, 4) is 0 Å². The molecule has 0 saturated carbocycles. The minimum absolute atomic E-state index is 0.0889. The lowest BCUT2D eigenvalue weighted by molar-refractivity contribution is -0.295. The zero-order valence-electron chi connectivity index (χ0n) is 31.2. The summed E-state index contributed by atoms with van der Waals surface area (Å²) in [5, 5.41) is 11.3. The number of likely N-dealkylation sites (N-methyl/N-ethyl adjacent to an activating group) is 3. The van der Waals surface area contributed by atoms with Crippen LogP contribution in [0.25, 0.3) is 0 Å². The number of methoxy groups -OCH3 is 1. The SMILES string of the molecule is CO[C@]1(C)C[C@@H](C)CN(C)[C@@H](C2CCCN(C(=O)CN(C)C)C2)COC(=O)C(C)(C)C(=O)[C@H](C)[C@H]1O[C@@H]1O[C@H](C)C[C@H](N(C)C)[C@H]1O. The molecule has 0 spiro atoms. The third-order valence-corrected chi connectivity index (χ3v) is 10.7. The second-order valence-electron chi connectivity index (χ2n) is 15.8. The minimum atomic E-state index is -1.47. The van der Waals surface area contributed by atoms with Crippen LogP contribution in [0.1, 0.15) is 67.2 Å². The maximum atomic E-state index is 14.3. The van der Waals surface area contributed by atoms with Crippen molar-refractivity contribution in [3.05, 3.63) is 0 Å². The van der Waals surface area contributed by atoms with Gasteiger partial charge in [0.15, 0.2) is 12.1 Å². The van der Waals surface area contributed by atoms with Crippen LogP contribution in [0.5, 0.6) is 0 Å². The van der Waals surface area contributed by atoms with Gasteiger partial charge in [-0.1, -0.05) is 13.8 Å². The molecule has 3 aliphatic rings. The van der Waals surface area contributed by atoms with Crippen LogP contribution in [0.15, 0.2) is 0 Å². The summed E-state index contributed by atoms with van der Waals surface area (Å²) < 4.78 is 25.0. The van der Waals surface area contributed by atoms with Crippen molar-refractivity contribution >= 4 is 17.7 Å². The van der Waals surface area contributed by atoms with Gasteiger partial charge in [-0.15, -0.1) is 0 Å². The molecular weight excluding hydrogens is 604 g/mol. The highest BCUT2D eigenvalue weighted by Gasteiger charge is 2.51. The summed E-state index contributed by atoms with van der Waals surface area (Å²) in [7, 11) is 11.3. The van der Waals surface area contributed by atoms with Gasteiger partial charge in [0.05, 0.1) is 24.4 Å². The van der Waals surface area contributed by atoms with E-state index in [4.69, 9.17) is 18.9 Å². The number of rotatable bonds is 7. The number of carbonyl (C=O) groups is 3. The molecule has 12 heteroatoms. The van der Waals surface area contributed by atoms with E-state index in [0.29, 0.717) is 32.5 Å². The van der Waals surface area contributed by atoms with Crippen molar-refractivity contribution in [2.24, 2.45) is 23.2 Å². The number of ketones is 1. The monoisotopic (exact) mass is 668 g/mol.